The second-order valence-electron chi connectivity index (χ2n) is 3.42. The lowest BCUT2D eigenvalue weighted by Crippen LogP contribution is -2.04. The van der Waals surface area contributed by atoms with E-state index in [1.54, 1.807) is 18.2 Å². The minimum Gasteiger partial charge on any atom is -0.461 e. The lowest BCUT2D eigenvalue weighted by Gasteiger charge is -2.06. The highest BCUT2D eigenvalue weighted by Crippen LogP contribution is 2.14. The minimum absolute atomic E-state index is 0.196. The number of hydrogen-bond acceptors (Lipinski definition) is 4. The molecule has 0 atom stereocenters. The van der Waals surface area contributed by atoms with E-state index in [2.05, 4.69) is 0 Å². The van der Waals surface area contributed by atoms with Crippen molar-refractivity contribution in [2.24, 2.45) is 0 Å². The van der Waals surface area contributed by atoms with Gasteiger partial charge in [0.05, 0.1) is 0 Å². The van der Waals surface area contributed by atoms with Gasteiger partial charge in [0, 0.05) is 17.8 Å². The smallest absolute Gasteiger partial charge is 0.306 e. The Hall–Kier alpha value is -1.71. The van der Waals surface area contributed by atoms with Gasteiger partial charge in [-0.1, -0.05) is 6.92 Å². The molecule has 1 rings (SSSR count). The van der Waals surface area contributed by atoms with Crippen LogP contribution in [0, 0.1) is 0 Å². The van der Waals surface area contributed by atoms with Crippen molar-refractivity contribution in [3.63, 3.8) is 0 Å². The van der Waals surface area contributed by atoms with Crippen LogP contribution in [0.4, 0.5) is 11.4 Å². The van der Waals surface area contributed by atoms with E-state index >= 15 is 0 Å². The average Bonchev–Trinajstić information content (AvgIpc) is 2.14. The van der Waals surface area contributed by atoms with Gasteiger partial charge in [-0.15, -0.1) is 0 Å². The van der Waals surface area contributed by atoms with Crippen LogP contribution in [0.15, 0.2) is 18.2 Å². The zero-order valence-corrected chi connectivity index (χ0v) is 8.82. The van der Waals surface area contributed by atoms with Crippen LogP contribution in [0.3, 0.4) is 0 Å². The molecule has 0 aliphatic carbocycles. The molecule has 0 aliphatic heterocycles. The number of hydrogen-bond donors (Lipinski definition) is 2. The Labute approximate surface area is 89.2 Å². The molecule has 82 valence electrons. The summed E-state index contributed by atoms with van der Waals surface area (Å²) in [6, 6.07) is 5.16. The fourth-order valence-corrected chi connectivity index (χ4v) is 1.27. The van der Waals surface area contributed by atoms with Gasteiger partial charge in [-0.25, -0.2) is 0 Å². The van der Waals surface area contributed by atoms with Gasteiger partial charge in [-0.3, -0.25) is 4.79 Å². The number of carbonyl (C=O) groups is 1. The van der Waals surface area contributed by atoms with Crippen molar-refractivity contribution in [2.75, 3.05) is 11.5 Å². The lowest BCUT2D eigenvalue weighted by atomic mass is 10.2. The molecule has 1 aromatic rings. The van der Waals surface area contributed by atoms with Crippen molar-refractivity contribution in [3.8, 4) is 0 Å². The predicted molar refractivity (Wildman–Crippen MR) is 60.0 cm³/mol. The van der Waals surface area contributed by atoms with Crippen molar-refractivity contribution in [1.82, 2.24) is 0 Å². The Balaban J connectivity index is 2.54. The molecule has 4 nitrogen and oxygen atoms in total. The zero-order chi connectivity index (χ0) is 11.3. The van der Waals surface area contributed by atoms with E-state index in [1.165, 1.54) is 0 Å². The van der Waals surface area contributed by atoms with Gasteiger partial charge in [0.2, 0.25) is 0 Å². The van der Waals surface area contributed by atoms with E-state index in [0.717, 1.165) is 12.0 Å². The summed E-state index contributed by atoms with van der Waals surface area (Å²) < 4.78 is 5.03. The number of nitrogen functional groups attached to an aromatic ring is 2. The van der Waals surface area contributed by atoms with Crippen molar-refractivity contribution < 1.29 is 9.53 Å². The molecule has 0 saturated carbocycles. The summed E-state index contributed by atoms with van der Waals surface area (Å²) in [5.41, 5.74) is 13.2. The van der Waals surface area contributed by atoms with Crippen molar-refractivity contribution >= 4 is 17.3 Å². The first-order valence-corrected chi connectivity index (χ1v) is 4.92. The van der Waals surface area contributed by atoms with E-state index in [0.29, 0.717) is 17.8 Å². The van der Waals surface area contributed by atoms with Crippen LogP contribution < -0.4 is 11.5 Å². The maximum Gasteiger partial charge on any atom is 0.306 e. The molecule has 0 amide bonds. The Morgan fingerprint density at radius 3 is 2.40 bits per heavy atom. The molecule has 0 aliphatic rings. The molecule has 0 bridgehead atoms. The summed E-state index contributed by atoms with van der Waals surface area (Å²) in [6.45, 7) is 2.16. The number of benzene rings is 1. The van der Waals surface area contributed by atoms with E-state index < -0.39 is 0 Å². The molecule has 0 heterocycles. The number of ether oxygens (including phenoxy) is 1. The lowest BCUT2D eigenvalue weighted by molar-refractivity contribution is -0.144. The summed E-state index contributed by atoms with van der Waals surface area (Å²) >= 11 is 0. The molecule has 0 spiro atoms. The Morgan fingerprint density at radius 1 is 1.27 bits per heavy atom. The van der Waals surface area contributed by atoms with Crippen molar-refractivity contribution in [1.29, 1.82) is 0 Å². The standard InChI is InChI=1S/C11H16N2O2/c1-2-3-11(14)15-7-8-4-9(12)6-10(13)5-8/h4-6H,2-3,7,12-13H2,1H3. The molecule has 15 heavy (non-hydrogen) atoms. The normalized spacial score (nSPS) is 9.93. The fraction of sp³-hybridized carbons (Fsp3) is 0.364. The zero-order valence-electron chi connectivity index (χ0n) is 8.82. The second kappa shape index (κ2) is 5.24. The van der Waals surface area contributed by atoms with Gasteiger partial charge < -0.3 is 16.2 Å². The molecule has 0 fully saturated rings. The predicted octanol–water partition coefficient (Wildman–Crippen LogP) is 1.69. The Kier molecular flexibility index (Phi) is 3.97. The van der Waals surface area contributed by atoms with Crippen LogP contribution in [0.5, 0.6) is 0 Å². The fourth-order valence-electron chi connectivity index (χ4n) is 1.27. The van der Waals surface area contributed by atoms with E-state index in [4.69, 9.17) is 16.2 Å². The summed E-state index contributed by atoms with van der Waals surface area (Å²) in [7, 11) is 0. The molecular weight excluding hydrogens is 192 g/mol. The first-order chi connectivity index (χ1) is 7.11. The number of nitrogens with two attached hydrogens (primary N) is 2. The molecule has 1 aromatic carbocycles. The molecule has 4 N–H and O–H groups in total. The number of anilines is 2. The van der Waals surface area contributed by atoms with Crippen LogP contribution in [0.2, 0.25) is 0 Å². The highest BCUT2D eigenvalue weighted by atomic mass is 16.5. The van der Waals surface area contributed by atoms with Gasteiger partial charge in [-0.2, -0.15) is 0 Å². The number of rotatable bonds is 4. The third-order valence-corrected chi connectivity index (χ3v) is 1.89. The first kappa shape index (κ1) is 11.4. The number of esters is 1. The SMILES string of the molecule is CCCC(=O)OCc1cc(N)cc(N)c1. The highest BCUT2D eigenvalue weighted by Gasteiger charge is 2.02. The minimum atomic E-state index is -0.196. The van der Waals surface area contributed by atoms with Crippen LogP contribution in [-0.4, -0.2) is 5.97 Å². The third kappa shape index (κ3) is 3.89. The maximum atomic E-state index is 11.1. The molecule has 0 aromatic heterocycles. The first-order valence-electron chi connectivity index (χ1n) is 4.92. The topological polar surface area (TPSA) is 78.3 Å². The van der Waals surface area contributed by atoms with Gasteiger partial charge in [0.15, 0.2) is 0 Å². The summed E-state index contributed by atoms with van der Waals surface area (Å²) in [4.78, 5) is 11.1. The van der Waals surface area contributed by atoms with E-state index in [9.17, 15) is 4.79 Å². The largest absolute Gasteiger partial charge is 0.461 e. The summed E-state index contributed by atoms with van der Waals surface area (Å²) in [5, 5.41) is 0. The van der Waals surface area contributed by atoms with Gasteiger partial charge in [0.1, 0.15) is 6.61 Å². The molecule has 0 radical (unpaired) electrons. The number of carbonyl (C=O) groups excluding carboxylic acids is 1. The van der Waals surface area contributed by atoms with E-state index in [-0.39, 0.29) is 12.6 Å². The molecule has 4 heteroatoms. The quantitative estimate of drug-likeness (QED) is 0.583. The van der Waals surface area contributed by atoms with Gasteiger partial charge in [0.25, 0.3) is 0 Å². The third-order valence-electron chi connectivity index (χ3n) is 1.89. The van der Waals surface area contributed by atoms with Gasteiger partial charge >= 0.3 is 5.97 Å². The average molecular weight is 208 g/mol. The molecule has 0 saturated heterocycles. The van der Waals surface area contributed by atoms with Crippen molar-refractivity contribution in [2.45, 2.75) is 26.4 Å². The summed E-state index contributed by atoms with van der Waals surface area (Å²) in [5.74, 6) is -0.196. The Morgan fingerprint density at radius 2 is 1.87 bits per heavy atom. The summed E-state index contributed by atoms with van der Waals surface area (Å²) in [6.07, 6.45) is 1.23. The molecular formula is C11H16N2O2. The Bertz CT molecular complexity index is 330. The van der Waals surface area contributed by atoms with Crippen LogP contribution in [-0.2, 0) is 16.1 Å². The monoisotopic (exact) mass is 208 g/mol. The maximum absolute atomic E-state index is 11.1. The van der Waals surface area contributed by atoms with Crippen LogP contribution in [0.1, 0.15) is 25.3 Å². The van der Waals surface area contributed by atoms with Gasteiger partial charge in [-0.05, 0) is 30.2 Å². The van der Waals surface area contributed by atoms with Crippen LogP contribution >= 0.6 is 0 Å². The molecule has 0 unspecified atom stereocenters. The highest BCUT2D eigenvalue weighted by molar-refractivity contribution is 5.69. The van der Waals surface area contributed by atoms with Crippen molar-refractivity contribution in [3.05, 3.63) is 23.8 Å². The second-order valence-corrected chi connectivity index (χ2v) is 3.42. The van der Waals surface area contributed by atoms with Crippen LogP contribution in [0.25, 0.3) is 0 Å². The van der Waals surface area contributed by atoms with E-state index in [1.807, 2.05) is 6.92 Å².